The molecule has 0 amide bonds. The molecule has 2 rings (SSSR count). The molecule has 2 fully saturated rings. The van der Waals surface area contributed by atoms with E-state index in [0.717, 1.165) is 0 Å². The number of ether oxygens (including phenoxy) is 3. The summed E-state index contributed by atoms with van der Waals surface area (Å²) < 4.78 is 15.5. The van der Waals surface area contributed by atoms with Crippen LogP contribution in [-0.4, -0.2) is 92.1 Å². The van der Waals surface area contributed by atoms with Crippen molar-refractivity contribution in [1.82, 2.24) is 0 Å². The van der Waals surface area contributed by atoms with Gasteiger partial charge in [0.15, 0.2) is 12.6 Å². The Labute approximate surface area is 121 Å². The van der Waals surface area contributed by atoms with E-state index in [2.05, 4.69) is 0 Å². The molecule has 2 saturated heterocycles. The van der Waals surface area contributed by atoms with Crippen LogP contribution in [0.15, 0.2) is 0 Å². The van der Waals surface area contributed by atoms with Crippen molar-refractivity contribution in [3.05, 3.63) is 0 Å². The first-order valence-corrected chi connectivity index (χ1v) is 6.78. The second-order valence-corrected chi connectivity index (χ2v) is 5.50. The molecule has 10 atom stereocenters. The zero-order valence-corrected chi connectivity index (χ0v) is 11.7. The van der Waals surface area contributed by atoms with E-state index in [1.807, 2.05) is 0 Å². The van der Waals surface area contributed by atoms with Crippen LogP contribution in [-0.2, 0) is 14.2 Å². The van der Waals surface area contributed by atoms with Gasteiger partial charge in [-0.1, -0.05) is 0 Å². The Kier molecular flexibility index (Phi) is 5.19. The summed E-state index contributed by atoms with van der Waals surface area (Å²) in [6.45, 7) is 2.94. The second-order valence-electron chi connectivity index (χ2n) is 5.50. The maximum atomic E-state index is 9.91. The van der Waals surface area contributed by atoms with Gasteiger partial charge in [0.25, 0.3) is 0 Å². The molecule has 0 aromatic carbocycles. The Morgan fingerprint density at radius 1 is 0.667 bits per heavy atom. The van der Waals surface area contributed by atoms with Gasteiger partial charge in [0.1, 0.15) is 36.6 Å². The van der Waals surface area contributed by atoms with Gasteiger partial charge in [0, 0.05) is 0 Å². The van der Waals surface area contributed by atoms with Gasteiger partial charge in [-0.05, 0) is 13.8 Å². The monoisotopic (exact) mass is 310 g/mol. The Morgan fingerprint density at radius 2 is 1.19 bits per heavy atom. The summed E-state index contributed by atoms with van der Waals surface area (Å²) in [5, 5.41) is 58.5. The Bertz CT molecular complexity index is 354. The SMILES string of the molecule is C[C@H]1O[C@@H](O[C@@H]2[C@@H](O)[C@H](O)[C@@H](C)O[C@H]2O)[C@H](O)[C@@H](O)[C@@H]1O. The molecule has 0 unspecified atom stereocenters. The van der Waals surface area contributed by atoms with Crippen molar-refractivity contribution < 1.29 is 44.8 Å². The van der Waals surface area contributed by atoms with Crippen LogP contribution in [0.3, 0.4) is 0 Å². The molecule has 9 heteroatoms. The summed E-state index contributed by atoms with van der Waals surface area (Å²) in [5.41, 5.74) is 0. The smallest absolute Gasteiger partial charge is 0.187 e. The predicted octanol–water partition coefficient (Wildman–Crippen LogP) is -3.34. The minimum atomic E-state index is -1.58. The highest BCUT2D eigenvalue weighted by atomic mass is 16.7. The van der Waals surface area contributed by atoms with Crippen LogP contribution in [0, 0.1) is 0 Å². The van der Waals surface area contributed by atoms with E-state index >= 15 is 0 Å². The minimum absolute atomic E-state index is 0.793. The fourth-order valence-electron chi connectivity index (χ4n) is 2.45. The third-order valence-corrected chi connectivity index (χ3v) is 3.90. The molecule has 21 heavy (non-hydrogen) atoms. The van der Waals surface area contributed by atoms with Crippen LogP contribution < -0.4 is 0 Å². The topological polar surface area (TPSA) is 149 Å². The van der Waals surface area contributed by atoms with Crippen molar-refractivity contribution in [2.45, 2.75) is 75.3 Å². The van der Waals surface area contributed by atoms with Gasteiger partial charge in [0.2, 0.25) is 0 Å². The summed E-state index contributed by atoms with van der Waals surface area (Å²) in [6.07, 6.45) is -13.0. The van der Waals surface area contributed by atoms with Crippen LogP contribution in [0.1, 0.15) is 13.8 Å². The van der Waals surface area contributed by atoms with E-state index in [4.69, 9.17) is 14.2 Å². The normalized spacial score (nSPS) is 55.4. The maximum Gasteiger partial charge on any atom is 0.187 e. The van der Waals surface area contributed by atoms with Crippen molar-refractivity contribution in [2.24, 2.45) is 0 Å². The molecule has 2 heterocycles. The van der Waals surface area contributed by atoms with Gasteiger partial charge < -0.3 is 44.8 Å². The highest BCUT2D eigenvalue weighted by Crippen LogP contribution is 2.28. The van der Waals surface area contributed by atoms with E-state index in [0.29, 0.717) is 0 Å². The lowest BCUT2D eigenvalue weighted by Gasteiger charge is -2.44. The van der Waals surface area contributed by atoms with Gasteiger partial charge in [0.05, 0.1) is 12.2 Å². The highest BCUT2D eigenvalue weighted by molar-refractivity contribution is 4.91. The van der Waals surface area contributed by atoms with E-state index < -0.39 is 61.4 Å². The van der Waals surface area contributed by atoms with Crippen LogP contribution in [0.4, 0.5) is 0 Å². The van der Waals surface area contributed by atoms with Crippen LogP contribution >= 0.6 is 0 Å². The van der Waals surface area contributed by atoms with Gasteiger partial charge >= 0.3 is 0 Å². The van der Waals surface area contributed by atoms with Crippen molar-refractivity contribution in [1.29, 1.82) is 0 Å². The average molecular weight is 310 g/mol. The van der Waals surface area contributed by atoms with Crippen LogP contribution in [0.25, 0.3) is 0 Å². The van der Waals surface area contributed by atoms with Crippen molar-refractivity contribution in [3.63, 3.8) is 0 Å². The largest absolute Gasteiger partial charge is 0.388 e. The number of hydrogen-bond acceptors (Lipinski definition) is 9. The van der Waals surface area contributed by atoms with Gasteiger partial charge in [-0.3, -0.25) is 0 Å². The van der Waals surface area contributed by atoms with Crippen molar-refractivity contribution in [2.75, 3.05) is 0 Å². The molecule has 9 nitrogen and oxygen atoms in total. The number of rotatable bonds is 2. The number of aliphatic hydroxyl groups is 6. The van der Waals surface area contributed by atoms with E-state index in [9.17, 15) is 30.6 Å². The van der Waals surface area contributed by atoms with E-state index in [-0.39, 0.29) is 0 Å². The summed E-state index contributed by atoms with van der Waals surface area (Å²) in [5.74, 6) is 0. The molecule has 0 saturated carbocycles. The molecular weight excluding hydrogens is 288 g/mol. The first-order valence-electron chi connectivity index (χ1n) is 6.78. The molecule has 0 aliphatic carbocycles. The Hall–Kier alpha value is -0.360. The zero-order chi connectivity index (χ0) is 15.9. The summed E-state index contributed by atoms with van der Waals surface area (Å²) in [4.78, 5) is 0. The molecule has 0 aromatic rings. The third kappa shape index (κ3) is 3.21. The standard InChI is InChI=1S/C12H22O9/c1-3-6(14)8(16)10(11(18)19-3)21-12-9(17)7(15)5(13)4(2)20-12/h3-18H,1-2H3/t3-,4-,5-,6-,7+,8+,9-,10-,11-,12+/m1/s1. The molecule has 0 radical (unpaired) electrons. The summed E-state index contributed by atoms with van der Waals surface area (Å²) in [7, 11) is 0. The minimum Gasteiger partial charge on any atom is -0.388 e. The Morgan fingerprint density at radius 3 is 1.81 bits per heavy atom. The van der Waals surface area contributed by atoms with E-state index in [1.54, 1.807) is 0 Å². The molecule has 0 bridgehead atoms. The molecule has 0 aromatic heterocycles. The van der Waals surface area contributed by atoms with Crippen LogP contribution in [0.5, 0.6) is 0 Å². The molecule has 124 valence electrons. The first-order chi connectivity index (χ1) is 9.73. The fourth-order valence-corrected chi connectivity index (χ4v) is 2.45. The molecule has 2 aliphatic heterocycles. The maximum absolute atomic E-state index is 9.91. The highest BCUT2D eigenvalue weighted by Gasteiger charge is 2.48. The van der Waals surface area contributed by atoms with Crippen LogP contribution in [0.2, 0.25) is 0 Å². The molecule has 6 N–H and O–H groups in total. The number of aliphatic hydroxyl groups excluding tert-OH is 6. The quantitative estimate of drug-likeness (QED) is 0.308. The van der Waals surface area contributed by atoms with Crippen molar-refractivity contribution >= 4 is 0 Å². The Balaban J connectivity index is 2.06. The first kappa shape index (κ1) is 17.0. The lowest BCUT2D eigenvalue weighted by atomic mass is 9.98. The predicted molar refractivity (Wildman–Crippen MR) is 65.8 cm³/mol. The lowest BCUT2D eigenvalue weighted by Crippen LogP contribution is -2.62. The summed E-state index contributed by atoms with van der Waals surface area (Å²) >= 11 is 0. The third-order valence-electron chi connectivity index (χ3n) is 3.90. The zero-order valence-electron chi connectivity index (χ0n) is 11.7. The second kappa shape index (κ2) is 6.41. The number of hydrogen-bond donors (Lipinski definition) is 6. The van der Waals surface area contributed by atoms with Crippen molar-refractivity contribution in [3.8, 4) is 0 Å². The van der Waals surface area contributed by atoms with Gasteiger partial charge in [-0.15, -0.1) is 0 Å². The molecule has 0 spiro atoms. The van der Waals surface area contributed by atoms with Gasteiger partial charge in [-0.2, -0.15) is 0 Å². The average Bonchev–Trinajstić information content (AvgIpc) is 2.44. The van der Waals surface area contributed by atoms with E-state index in [1.165, 1.54) is 13.8 Å². The van der Waals surface area contributed by atoms with Gasteiger partial charge in [-0.25, -0.2) is 0 Å². The molecule has 2 aliphatic rings. The summed E-state index contributed by atoms with van der Waals surface area (Å²) in [6, 6.07) is 0. The lowest BCUT2D eigenvalue weighted by molar-refractivity contribution is -0.356. The molecular formula is C12H22O9. The fraction of sp³-hybridized carbons (Fsp3) is 1.00.